The van der Waals surface area contributed by atoms with Gasteiger partial charge in [0.05, 0.1) is 0 Å². The molecule has 6 nitrogen and oxygen atoms in total. The van der Waals surface area contributed by atoms with E-state index < -0.39 is 5.97 Å². The van der Waals surface area contributed by atoms with Crippen LogP contribution < -0.4 is 0 Å². The van der Waals surface area contributed by atoms with Crippen LogP contribution in [0.2, 0.25) is 0 Å². The Labute approximate surface area is 124 Å². The van der Waals surface area contributed by atoms with E-state index in [1.54, 1.807) is 12.3 Å². The van der Waals surface area contributed by atoms with Crippen molar-refractivity contribution in [3.63, 3.8) is 0 Å². The first-order valence-corrected chi connectivity index (χ1v) is 7.43. The van der Waals surface area contributed by atoms with Crippen LogP contribution in [0.5, 0.6) is 0 Å². The Morgan fingerprint density at radius 2 is 1.95 bits per heavy atom. The number of nitrogens with zero attached hydrogens (tertiary/aromatic N) is 3. The third-order valence-corrected chi connectivity index (χ3v) is 4.24. The number of carboxylic acids is 1. The van der Waals surface area contributed by atoms with E-state index in [4.69, 9.17) is 5.11 Å². The van der Waals surface area contributed by atoms with Gasteiger partial charge in [-0.05, 0) is 25.5 Å². The van der Waals surface area contributed by atoms with Gasteiger partial charge in [0.1, 0.15) is 12.2 Å². The minimum absolute atomic E-state index is 0.0162. The summed E-state index contributed by atoms with van der Waals surface area (Å²) in [4.78, 5) is 27.5. The fourth-order valence-corrected chi connectivity index (χ4v) is 2.66. The normalized spacial score (nSPS) is 17.7. The van der Waals surface area contributed by atoms with Gasteiger partial charge in [-0.15, -0.1) is 0 Å². The maximum Gasteiger partial charge on any atom is 0.352 e. The van der Waals surface area contributed by atoms with Gasteiger partial charge in [-0.1, -0.05) is 6.92 Å². The minimum atomic E-state index is -1.01. The van der Waals surface area contributed by atoms with Gasteiger partial charge < -0.3 is 14.6 Å². The highest BCUT2D eigenvalue weighted by molar-refractivity contribution is 5.86. The molecule has 0 bridgehead atoms. The quantitative estimate of drug-likeness (QED) is 0.884. The number of hydrogen-bond acceptors (Lipinski definition) is 3. The lowest BCUT2D eigenvalue weighted by molar-refractivity contribution is -0.133. The van der Waals surface area contributed by atoms with Crippen molar-refractivity contribution in [1.82, 2.24) is 14.4 Å². The molecule has 0 radical (unpaired) electrons. The fourth-order valence-electron chi connectivity index (χ4n) is 2.66. The SMILES string of the molecule is CCC(C)N1CCN(C(=O)Cn2cccc2C(=O)O)CC1. The molecule has 0 aliphatic carbocycles. The van der Waals surface area contributed by atoms with Crippen molar-refractivity contribution in [3.05, 3.63) is 24.0 Å². The Bertz CT molecular complexity index is 504. The van der Waals surface area contributed by atoms with E-state index in [2.05, 4.69) is 18.7 Å². The van der Waals surface area contributed by atoms with E-state index in [0.717, 1.165) is 19.5 Å². The van der Waals surface area contributed by atoms with Gasteiger partial charge >= 0.3 is 5.97 Å². The number of aromatic carboxylic acids is 1. The average molecular weight is 293 g/mol. The monoisotopic (exact) mass is 293 g/mol. The van der Waals surface area contributed by atoms with Crippen LogP contribution in [0.25, 0.3) is 0 Å². The molecule has 1 aromatic heterocycles. The van der Waals surface area contributed by atoms with Crippen LogP contribution in [0, 0.1) is 0 Å². The lowest BCUT2D eigenvalue weighted by Gasteiger charge is -2.37. The molecule has 1 aliphatic rings. The zero-order valence-corrected chi connectivity index (χ0v) is 12.7. The van der Waals surface area contributed by atoms with Gasteiger partial charge in [0.15, 0.2) is 0 Å². The summed E-state index contributed by atoms with van der Waals surface area (Å²) in [6, 6.07) is 3.71. The average Bonchev–Trinajstić information content (AvgIpc) is 2.95. The Hall–Kier alpha value is -1.82. The van der Waals surface area contributed by atoms with E-state index in [-0.39, 0.29) is 18.1 Å². The van der Waals surface area contributed by atoms with E-state index in [1.165, 1.54) is 10.6 Å². The van der Waals surface area contributed by atoms with Crippen molar-refractivity contribution in [1.29, 1.82) is 0 Å². The molecule has 1 unspecified atom stereocenters. The molecule has 1 saturated heterocycles. The summed E-state index contributed by atoms with van der Waals surface area (Å²) < 4.78 is 1.49. The summed E-state index contributed by atoms with van der Waals surface area (Å²) in [6.07, 6.45) is 2.75. The molecule has 1 fully saturated rings. The number of rotatable bonds is 5. The highest BCUT2D eigenvalue weighted by Gasteiger charge is 2.24. The van der Waals surface area contributed by atoms with E-state index >= 15 is 0 Å². The molecule has 21 heavy (non-hydrogen) atoms. The molecular formula is C15H23N3O3. The molecule has 0 saturated carbocycles. The maximum atomic E-state index is 12.3. The summed E-state index contributed by atoms with van der Waals surface area (Å²) in [6.45, 7) is 7.67. The predicted octanol–water partition coefficient (Wildman–Crippen LogP) is 1.13. The highest BCUT2D eigenvalue weighted by Crippen LogP contribution is 2.10. The van der Waals surface area contributed by atoms with Gasteiger partial charge in [0.25, 0.3) is 0 Å². The summed E-state index contributed by atoms with van der Waals surface area (Å²) in [5, 5.41) is 9.05. The fraction of sp³-hybridized carbons (Fsp3) is 0.600. The van der Waals surface area contributed by atoms with Crippen LogP contribution in [0.4, 0.5) is 0 Å². The number of carbonyl (C=O) groups is 2. The molecule has 1 N–H and O–H groups in total. The molecule has 1 aliphatic heterocycles. The molecule has 0 aromatic carbocycles. The van der Waals surface area contributed by atoms with Crippen molar-refractivity contribution in [3.8, 4) is 0 Å². The van der Waals surface area contributed by atoms with Crippen molar-refractivity contribution in [2.75, 3.05) is 26.2 Å². The molecule has 1 amide bonds. The lowest BCUT2D eigenvalue weighted by atomic mass is 10.2. The van der Waals surface area contributed by atoms with Gasteiger partial charge in [-0.3, -0.25) is 9.69 Å². The molecule has 0 spiro atoms. The largest absolute Gasteiger partial charge is 0.477 e. The van der Waals surface area contributed by atoms with Crippen molar-refractivity contribution in [2.45, 2.75) is 32.9 Å². The standard InChI is InChI=1S/C15H23N3O3/c1-3-12(2)16-7-9-17(10-8-16)14(19)11-18-6-4-5-13(18)15(20)21/h4-6,12H,3,7-11H2,1-2H3,(H,20,21). The molecule has 1 atom stereocenters. The topological polar surface area (TPSA) is 65.8 Å². The molecular weight excluding hydrogens is 270 g/mol. The van der Waals surface area contributed by atoms with Gasteiger partial charge in [-0.25, -0.2) is 4.79 Å². The Morgan fingerprint density at radius 1 is 1.29 bits per heavy atom. The summed E-state index contributed by atoms with van der Waals surface area (Å²) in [5.74, 6) is -1.02. The second-order valence-electron chi connectivity index (χ2n) is 5.50. The summed E-state index contributed by atoms with van der Waals surface area (Å²) in [7, 11) is 0. The van der Waals surface area contributed by atoms with Gasteiger partial charge in [0, 0.05) is 38.4 Å². The molecule has 2 heterocycles. The maximum absolute atomic E-state index is 12.3. The van der Waals surface area contributed by atoms with E-state index in [0.29, 0.717) is 19.1 Å². The van der Waals surface area contributed by atoms with Gasteiger partial charge in [-0.2, -0.15) is 0 Å². The van der Waals surface area contributed by atoms with Crippen molar-refractivity contribution >= 4 is 11.9 Å². The number of hydrogen-bond donors (Lipinski definition) is 1. The molecule has 2 rings (SSSR count). The van der Waals surface area contributed by atoms with Crippen LogP contribution in [0.1, 0.15) is 30.8 Å². The zero-order valence-electron chi connectivity index (χ0n) is 12.7. The smallest absolute Gasteiger partial charge is 0.352 e. The van der Waals surface area contributed by atoms with E-state index in [1.807, 2.05) is 4.90 Å². The second kappa shape index (κ2) is 6.76. The van der Waals surface area contributed by atoms with Gasteiger partial charge in [0.2, 0.25) is 5.91 Å². The minimum Gasteiger partial charge on any atom is -0.477 e. The van der Waals surface area contributed by atoms with Crippen molar-refractivity contribution < 1.29 is 14.7 Å². The van der Waals surface area contributed by atoms with Crippen molar-refractivity contribution in [2.24, 2.45) is 0 Å². The number of carboxylic acid groups (broad SMARTS) is 1. The first-order valence-electron chi connectivity index (χ1n) is 7.43. The number of carbonyl (C=O) groups excluding carboxylic acids is 1. The summed E-state index contributed by atoms with van der Waals surface area (Å²) >= 11 is 0. The lowest BCUT2D eigenvalue weighted by Crippen LogP contribution is -2.51. The Morgan fingerprint density at radius 3 is 2.52 bits per heavy atom. The molecule has 1 aromatic rings. The third-order valence-electron chi connectivity index (χ3n) is 4.24. The molecule has 116 valence electrons. The number of piperazine rings is 1. The second-order valence-corrected chi connectivity index (χ2v) is 5.50. The van der Waals surface area contributed by atoms with Crippen LogP contribution in [-0.4, -0.2) is 63.6 Å². The van der Waals surface area contributed by atoms with Crippen LogP contribution in [-0.2, 0) is 11.3 Å². The zero-order chi connectivity index (χ0) is 15.4. The van der Waals surface area contributed by atoms with Crippen LogP contribution >= 0.6 is 0 Å². The molecule has 6 heteroatoms. The third kappa shape index (κ3) is 3.64. The first-order chi connectivity index (χ1) is 10.0. The van der Waals surface area contributed by atoms with E-state index in [9.17, 15) is 9.59 Å². The Balaban J connectivity index is 1.90. The van der Waals surface area contributed by atoms with Crippen LogP contribution in [0.3, 0.4) is 0 Å². The summed E-state index contributed by atoms with van der Waals surface area (Å²) in [5.41, 5.74) is 0.154. The number of aromatic nitrogens is 1. The van der Waals surface area contributed by atoms with Crippen LogP contribution in [0.15, 0.2) is 18.3 Å². The Kier molecular flexibility index (Phi) is 5.01. The highest BCUT2D eigenvalue weighted by atomic mass is 16.4. The number of amides is 1. The first kappa shape index (κ1) is 15.6. The predicted molar refractivity (Wildman–Crippen MR) is 79.3 cm³/mol.